The lowest BCUT2D eigenvalue weighted by atomic mass is 9.88. The van der Waals surface area contributed by atoms with E-state index in [4.69, 9.17) is 4.74 Å². The molecule has 2 fully saturated rings. The molecule has 0 aromatic heterocycles. The highest BCUT2D eigenvalue weighted by Crippen LogP contribution is 2.38. The first-order chi connectivity index (χ1) is 6.70. The molecule has 2 aliphatic heterocycles. The van der Waals surface area contributed by atoms with Crippen LogP contribution in [0.1, 0.15) is 32.1 Å². The number of hydrogen-bond donors (Lipinski definition) is 0. The fraction of sp³-hybridized carbons (Fsp3) is 0.909. The Morgan fingerprint density at radius 3 is 2.43 bits per heavy atom. The van der Waals surface area contributed by atoms with E-state index in [-0.39, 0.29) is 5.97 Å². The Labute approximate surface area is 85.4 Å². The van der Waals surface area contributed by atoms with Crippen LogP contribution in [0.25, 0.3) is 0 Å². The molecule has 2 heterocycles. The van der Waals surface area contributed by atoms with Crippen molar-refractivity contribution in [2.45, 2.75) is 44.2 Å². The largest absolute Gasteiger partial charge is 0.469 e. The molecule has 2 bridgehead atoms. The molecule has 3 heteroatoms. The Morgan fingerprint density at radius 2 is 1.93 bits per heavy atom. The third-order valence-corrected chi connectivity index (χ3v) is 3.88. The number of nitrogens with zero attached hydrogens (tertiary/aromatic N) is 1. The molecule has 2 aliphatic rings. The van der Waals surface area contributed by atoms with Gasteiger partial charge in [0.2, 0.25) is 0 Å². The van der Waals surface area contributed by atoms with Gasteiger partial charge in [0.25, 0.3) is 0 Å². The van der Waals surface area contributed by atoms with Gasteiger partial charge in [0.05, 0.1) is 7.11 Å². The van der Waals surface area contributed by atoms with Gasteiger partial charge in [0.15, 0.2) is 0 Å². The Bertz CT molecular complexity index is 215. The van der Waals surface area contributed by atoms with Crippen LogP contribution in [0.5, 0.6) is 0 Å². The summed E-state index contributed by atoms with van der Waals surface area (Å²) in [5.74, 6) is 0.523. The van der Waals surface area contributed by atoms with Gasteiger partial charge in [-0.15, -0.1) is 0 Å². The number of fused-ring (bicyclic) bond motifs is 2. The standard InChI is InChI=1S/C11H19NO2/c1-12-9-3-4-10(12)6-8(5-9)7-11(13)14-2/h8-10H,3-7H2,1-2H3. The normalized spacial score (nSPS) is 37.1. The second-order valence-corrected chi connectivity index (χ2v) is 4.67. The molecule has 14 heavy (non-hydrogen) atoms. The van der Waals surface area contributed by atoms with Gasteiger partial charge in [-0.3, -0.25) is 4.79 Å². The summed E-state index contributed by atoms with van der Waals surface area (Å²) in [5, 5.41) is 0. The van der Waals surface area contributed by atoms with Crippen molar-refractivity contribution < 1.29 is 9.53 Å². The molecule has 0 N–H and O–H groups in total. The molecule has 2 unspecified atom stereocenters. The first-order valence-corrected chi connectivity index (χ1v) is 5.49. The molecule has 2 saturated heterocycles. The van der Waals surface area contributed by atoms with Crippen molar-refractivity contribution in [3.05, 3.63) is 0 Å². The van der Waals surface area contributed by atoms with Crippen LogP contribution in [0.4, 0.5) is 0 Å². The monoisotopic (exact) mass is 197 g/mol. The number of piperidine rings is 1. The highest BCUT2D eigenvalue weighted by atomic mass is 16.5. The van der Waals surface area contributed by atoms with E-state index in [1.54, 1.807) is 0 Å². The summed E-state index contributed by atoms with van der Waals surface area (Å²) in [7, 11) is 3.70. The van der Waals surface area contributed by atoms with Crippen LogP contribution in [-0.4, -0.2) is 37.1 Å². The molecule has 0 aromatic rings. The highest BCUT2D eigenvalue weighted by molar-refractivity contribution is 5.69. The van der Waals surface area contributed by atoms with Gasteiger partial charge in [0.1, 0.15) is 0 Å². The van der Waals surface area contributed by atoms with Gasteiger partial charge < -0.3 is 9.64 Å². The smallest absolute Gasteiger partial charge is 0.305 e. The van der Waals surface area contributed by atoms with Crippen LogP contribution < -0.4 is 0 Å². The van der Waals surface area contributed by atoms with E-state index < -0.39 is 0 Å². The predicted octanol–water partition coefficient (Wildman–Crippen LogP) is 1.42. The summed E-state index contributed by atoms with van der Waals surface area (Å²) < 4.78 is 4.72. The Kier molecular flexibility index (Phi) is 2.77. The first kappa shape index (κ1) is 9.97. The minimum atomic E-state index is -0.0426. The number of rotatable bonds is 2. The van der Waals surface area contributed by atoms with E-state index in [1.807, 2.05) is 0 Å². The van der Waals surface area contributed by atoms with Crippen LogP contribution >= 0.6 is 0 Å². The van der Waals surface area contributed by atoms with E-state index in [1.165, 1.54) is 32.8 Å². The maximum Gasteiger partial charge on any atom is 0.305 e. The zero-order chi connectivity index (χ0) is 10.1. The molecule has 0 spiro atoms. The molecule has 80 valence electrons. The first-order valence-electron chi connectivity index (χ1n) is 5.49. The quantitative estimate of drug-likeness (QED) is 0.627. The molecular formula is C11H19NO2. The minimum Gasteiger partial charge on any atom is -0.469 e. The summed E-state index contributed by atoms with van der Waals surface area (Å²) in [6.07, 6.45) is 5.62. The van der Waals surface area contributed by atoms with E-state index in [2.05, 4.69) is 11.9 Å². The second-order valence-electron chi connectivity index (χ2n) is 4.67. The van der Waals surface area contributed by atoms with E-state index >= 15 is 0 Å². The summed E-state index contributed by atoms with van der Waals surface area (Å²) >= 11 is 0. The SMILES string of the molecule is COC(=O)CC1CC2CCC(C1)N2C. The lowest BCUT2D eigenvalue weighted by Gasteiger charge is -2.35. The average molecular weight is 197 g/mol. The summed E-state index contributed by atoms with van der Waals surface area (Å²) in [6.45, 7) is 0. The maximum absolute atomic E-state index is 11.2. The molecule has 3 nitrogen and oxygen atoms in total. The van der Waals surface area contributed by atoms with Crippen molar-refractivity contribution >= 4 is 5.97 Å². The van der Waals surface area contributed by atoms with E-state index in [0.717, 1.165) is 12.1 Å². The summed E-state index contributed by atoms with van der Waals surface area (Å²) in [5.41, 5.74) is 0. The zero-order valence-electron chi connectivity index (χ0n) is 9.03. The van der Waals surface area contributed by atoms with Crippen molar-refractivity contribution in [2.75, 3.05) is 14.2 Å². The second kappa shape index (κ2) is 3.89. The van der Waals surface area contributed by atoms with Gasteiger partial charge >= 0.3 is 5.97 Å². The lowest BCUT2D eigenvalue weighted by molar-refractivity contribution is -0.142. The maximum atomic E-state index is 11.2. The fourth-order valence-corrected chi connectivity index (χ4v) is 3.01. The van der Waals surface area contributed by atoms with Crippen molar-refractivity contribution in [3.8, 4) is 0 Å². The molecule has 0 amide bonds. The Morgan fingerprint density at radius 1 is 1.36 bits per heavy atom. The van der Waals surface area contributed by atoms with Crippen LogP contribution in [0.15, 0.2) is 0 Å². The third kappa shape index (κ3) is 1.78. The Hall–Kier alpha value is -0.570. The van der Waals surface area contributed by atoms with Crippen molar-refractivity contribution in [3.63, 3.8) is 0 Å². The number of esters is 1. The number of ether oxygens (including phenoxy) is 1. The number of carbonyl (C=O) groups excluding carboxylic acids is 1. The topological polar surface area (TPSA) is 29.5 Å². The summed E-state index contributed by atoms with van der Waals surface area (Å²) in [4.78, 5) is 13.7. The number of hydrogen-bond acceptors (Lipinski definition) is 3. The van der Waals surface area contributed by atoms with Crippen molar-refractivity contribution in [1.82, 2.24) is 4.90 Å². The molecular weight excluding hydrogens is 178 g/mol. The van der Waals surface area contributed by atoms with Crippen molar-refractivity contribution in [1.29, 1.82) is 0 Å². The molecule has 0 saturated carbocycles. The van der Waals surface area contributed by atoms with Gasteiger partial charge in [0, 0.05) is 18.5 Å². The molecule has 0 aliphatic carbocycles. The number of methoxy groups -OCH3 is 1. The van der Waals surface area contributed by atoms with Gasteiger partial charge in [-0.25, -0.2) is 0 Å². The lowest BCUT2D eigenvalue weighted by Crippen LogP contribution is -2.40. The van der Waals surface area contributed by atoms with Crippen LogP contribution in [0.2, 0.25) is 0 Å². The predicted molar refractivity (Wildman–Crippen MR) is 53.9 cm³/mol. The molecule has 2 rings (SSSR count). The summed E-state index contributed by atoms with van der Waals surface area (Å²) in [6, 6.07) is 1.45. The van der Waals surface area contributed by atoms with Gasteiger partial charge in [-0.2, -0.15) is 0 Å². The van der Waals surface area contributed by atoms with Crippen molar-refractivity contribution in [2.24, 2.45) is 5.92 Å². The minimum absolute atomic E-state index is 0.0426. The molecule has 2 atom stereocenters. The highest BCUT2D eigenvalue weighted by Gasteiger charge is 2.38. The van der Waals surface area contributed by atoms with E-state index in [0.29, 0.717) is 12.3 Å². The fourth-order valence-electron chi connectivity index (χ4n) is 3.01. The molecule has 0 radical (unpaired) electrons. The van der Waals surface area contributed by atoms with Crippen LogP contribution in [0, 0.1) is 5.92 Å². The van der Waals surface area contributed by atoms with Gasteiger partial charge in [-0.05, 0) is 38.6 Å². The van der Waals surface area contributed by atoms with Crippen LogP contribution in [-0.2, 0) is 9.53 Å². The third-order valence-electron chi connectivity index (χ3n) is 3.88. The Balaban J connectivity index is 1.90. The molecule has 0 aromatic carbocycles. The van der Waals surface area contributed by atoms with Gasteiger partial charge in [-0.1, -0.05) is 0 Å². The zero-order valence-corrected chi connectivity index (χ0v) is 9.03. The van der Waals surface area contributed by atoms with E-state index in [9.17, 15) is 4.79 Å². The number of carbonyl (C=O) groups is 1. The van der Waals surface area contributed by atoms with Crippen LogP contribution in [0.3, 0.4) is 0 Å². The average Bonchev–Trinajstić information content (AvgIpc) is 2.42.